The van der Waals surface area contributed by atoms with Crippen LogP contribution in [-0.4, -0.2) is 26.1 Å². The minimum atomic E-state index is -0.104. The average Bonchev–Trinajstić information content (AvgIpc) is 3.19. The van der Waals surface area contributed by atoms with Crippen LogP contribution < -0.4 is 5.69 Å². The van der Waals surface area contributed by atoms with Gasteiger partial charge < -0.3 is 9.26 Å². The minimum absolute atomic E-state index is 0.0990. The highest BCUT2D eigenvalue weighted by atomic mass is 16.5. The molecule has 0 aromatic carbocycles. The maximum absolute atomic E-state index is 12.7. The first-order valence-corrected chi connectivity index (χ1v) is 8.29. The summed E-state index contributed by atoms with van der Waals surface area (Å²) in [5.74, 6) is 1.85. The zero-order chi connectivity index (χ0) is 16.6. The van der Waals surface area contributed by atoms with Gasteiger partial charge in [-0.2, -0.15) is 5.10 Å². The third kappa shape index (κ3) is 2.73. The molecular weight excluding hydrogens is 296 g/mol. The third-order valence-electron chi connectivity index (χ3n) is 4.62. The van der Waals surface area contributed by atoms with Crippen molar-refractivity contribution in [1.82, 2.24) is 19.5 Å². The lowest BCUT2D eigenvalue weighted by Crippen LogP contribution is -2.26. The lowest BCUT2D eigenvalue weighted by atomic mass is 10.0. The van der Waals surface area contributed by atoms with Gasteiger partial charge in [0.1, 0.15) is 11.9 Å². The molecule has 0 spiro atoms. The van der Waals surface area contributed by atoms with E-state index in [1.807, 2.05) is 20.8 Å². The fourth-order valence-electron chi connectivity index (χ4n) is 3.16. The fraction of sp³-hybridized carbons (Fsp3) is 0.688. The van der Waals surface area contributed by atoms with E-state index in [1.165, 1.54) is 4.68 Å². The van der Waals surface area contributed by atoms with Gasteiger partial charge in [0.15, 0.2) is 5.82 Å². The van der Waals surface area contributed by atoms with E-state index in [-0.39, 0.29) is 11.8 Å². The lowest BCUT2D eigenvalue weighted by molar-refractivity contribution is 0.0836. The first kappa shape index (κ1) is 16.0. The van der Waals surface area contributed by atoms with Gasteiger partial charge in [0, 0.05) is 18.7 Å². The van der Waals surface area contributed by atoms with Crippen molar-refractivity contribution >= 4 is 0 Å². The maximum Gasteiger partial charge on any atom is 0.346 e. The highest BCUT2D eigenvalue weighted by Crippen LogP contribution is 2.32. The van der Waals surface area contributed by atoms with Crippen LogP contribution in [0, 0.1) is 12.8 Å². The molecule has 1 aliphatic heterocycles. The number of aromatic nitrogens is 4. The van der Waals surface area contributed by atoms with Crippen LogP contribution in [0.3, 0.4) is 0 Å². The first-order valence-electron chi connectivity index (χ1n) is 8.29. The molecule has 1 fully saturated rings. The largest absolute Gasteiger partial charge is 0.370 e. The van der Waals surface area contributed by atoms with Gasteiger partial charge in [0.05, 0.1) is 12.2 Å². The summed E-state index contributed by atoms with van der Waals surface area (Å²) in [6.07, 6.45) is 1.67. The van der Waals surface area contributed by atoms with Crippen LogP contribution in [0.5, 0.6) is 0 Å². The number of aryl methyl sites for hydroxylation is 2. The predicted octanol–water partition coefficient (Wildman–Crippen LogP) is 2.07. The summed E-state index contributed by atoms with van der Waals surface area (Å²) in [6.45, 7) is 9.68. The maximum atomic E-state index is 12.7. The van der Waals surface area contributed by atoms with Gasteiger partial charge in [-0.1, -0.05) is 19.0 Å². The van der Waals surface area contributed by atoms with Crippen LogP contribution in [0.2, 0.25) is 0 Å². The Kier molecular flexibility index (Phi) is 4.39. The summed E-state index contributed by atoms with van der Waals surface area (Å²) in [5.41, 5.74) is 1.72. The summed E-state index contributed by atoms with van der Waals surface area (Å²) >= 11 is 0. The van der Waals surface area contributed by atoms with Crippen molar-refractivity contribution in [1.29, 1.82) is 0 Å². The second kappa shape index (κ2) is 6.31. The molecule has 0 aliphatic carbocycles. The summed E-state index contributed by atoms with van der Waals surface area (Å²) in [6, 6.07) is 0. The quantitative estimate of drug-likeness (QED) is 0.843. The van der Waals surface area contributed by atoms with Crippen LogP contribution >= 0.6 is 0 Å². The number of nitrogens with zero attached hydrogens (tertiary/aromatic N) is 4. The van der Waals surface area contributed by atoms with Gasteiger partial charge in [-0.05, 0) is 32.6 Å². The number of ether oxygens (including phenoxy) is 1. The van der Waals surface area contributed by atoms with Gasteiger partial charge in [-0.3, -0.25) is 4.57 Å². The molecule has 3 heterocycles. The smallest absolute Gasteiger partial charge is 0.346 e. The number of hydrogen-bond donors (Lipinski definition) is 0. The van der Waals surface area contributed by atoms with Crippen LogP contribution in [0.4, 0.5) is 0 Å². The molecule has 1 aliphatic rings. The Hall–Kier alpha value is -1.89. The molecule has 7 heteroatoms. The van der Waals surface area contributed by atoms with Gasteiger partial charge in [-0.25, -0.2) is 9.48 Å². The van der Waals surface area contributed by atoms with Gasteiger partial charge in [-0.15, -0.1) is 0 Å². The van der Waals surface area contributed by atoms with E-state index in [9.17, 15) is 4.79 Å². The molecule has 0 radical (unpaired) electrons. The van der Waals surface area contributed by atoms with Crippen LogP contribution in [0.25, 0.3) is 0 Å². The number of hydrogen-bond acceptors (Lipinski definition) is 5. The Bertz CT molecular complexity index is 743. The first-order chi connectivity index (χ1) is 11.1. The van der Waals surface area contributed by atoms with Gasteiger partial charge >= 0.3 is 5.69 Å². The Balaban J connectivity index is 1.99. The summed E-state index contributed by atoms with van der Waals surface area (Å²) < 4.78 is 14.3. The molecule has 7 nitrogen and oxygen atoms in total. The van der Waals surface area contributed by atoms with E-state index in [1.54, 1.807) is 4.57 Å². The van der Waals surface area contributed by atoms with E-state index in [0.29, 0.717) is 19.0 Å². The molecular formula is C16H24N4O3. The van der Waals surface area contributed by atoms with Gasteiger partial charge in [0.2, 0.25) is 0 Å². The van der Waals surface area contributed by atoms with Crippen LogP contribution in [0.1, 0.15) is 56.1 Å². The molecule has 2 aromatic heterocycles. The number of rotatable bonds is 5. The van der Waals surface area contributed by atoms with Crippen LogP contribution in [-0.2, 0) is 24.2 Å². The molecule has 0 amide bonds. The monoisotopic (exact) mass is 320 g/mol. The SMILES string of the molecule is CCc1noc(C)c1Cn1nc([C@H]2OCC[C@H]2C)n(CC)c1=O. The normalized spacial score (nSPS) is 21.2. The van der Waals surface area contributed by atoms with Crippen molar-refractivity contribution in [2.75, 3.05) is 6.61 Å². The summed E-state index contributed by atoms with van der Waals surface area (Å²) in [4.78, 5) is 12.7. The third-order valence-corrected chi connectivity index (χ3v) is 4.62. The van der Waals surface area contributed by atoms with E-state index < -0.39 is 0 Å². The Morgan fingerprint density at radius 2 is 2.13 bits per heavy atom. The van der Waals surface area contributed by atoms with E-state index >= 15 is 0 Å². The van der Waals surface area contributed by atoms with E-state index in [4.69, 9.17) is 9.26 Å². The predicted molar refractivity (Wildman–Crippen MR) is 84.4 cm³/mol. The second-order valence-corrected chi connectivity index (χ2v) is 6.12. The van der Waals surface area contributed by atoms with E-state index in [2.05, 4.69) is 17.2 Å². The Labute approximate surface area is 135 Å². The van der Waals surface area contributed by atoms with Gasteiger partial charge in [0.25, 0.3) is 0 Å². The van der Waals surface area contributed by atoms with E-state index in [0.717, 1.165) is 42.3 Å². The molecule has 23 heavy (non-hydrogen) atoms. The zero-order valence-electron chi connectivity index (χ0n) is 14.2. The summed E-state index contributed by atoms with van der Waals surface area (Å²) in [5, 5.41) is 8.63. The molecule has 2 aromatic rings. The standard InChI is InChI=1S/C16H24N4O3/c1-5-13-12(11(4)23-18-13)9-20-16(21)19(6-2)15(17-20)14-10(3)7-8-22-14/h10,14H,5-9H2,1-4H3/t10-,14+/m1/s1. The molecule has 2 atom stereocenters. The van der Waals surface area contributed by atoms with Crippen molar-refractivity contribution in [2.45, 2.75) is 59.7 Å². The molecule has 126 valence electrons. The fourth-order valence-corrected chi connectivity index (χ4v) is 3.16. The molecule has 3 rings (SSSR count). The highest BCUT2D eigenvalue weighted by Gasteiger charge is 2.31. The van der Waals surface area contributed by atoms with Crippen molar-refractivity contribution < 1.29 is 9.26 Å². The van der Waals surface area contributed by atoms with Crippen molar-refractivity contribution in [3.8, 4) is 0 Å². The second-order valence-electron chi connectivity index (χ2n) is 6.12. The molecule has 0 N–H and O–H groups in total. The van der Waals surface area contributed by atoms with Crippen LogP contribution in [0.15, 0.2) is 9.32 Å². The zero-order valence-corrected chi connectivity index (χ0v) is 14.2. The van der Waals surface area contributed by atoms with Crippen molar-refractivity contribution in [3.63, 3.8) is 0 Å². The minimum Gasteiger partial charge on any atom is -0.370 e. The lowest BCUT2D eigenvalue weighted by Gasteiger charge is -2.13. The van der Waals surface area contributed by atoms with Crippen molar-refractivity contribution in [3.05, 3.63) is 33.3 Å². The Morgan fingerprint density at radius 1 is 1.35 bits per heavy atom. The molecule has 0 saturated carbocycles. The average molecular weight is 320 g/mol. The highest BCUT2D eigenvalue weighted by molar-refractivity contribution is 5.22. The topological polar surface area (TPSA) is 75.1 Å². The summed E-state index contributed by atoms with van der Waals surface area (Å²) in [7, 11) is 0. The molecule has 0 unspecified atom stereocenters. The Morgan fingerprint density at radius 3 is 2.74 bits per heavy atom. The molecule has 0 bridgehead atoms. The molecule has 1 saturated heterocycles. The van der Waals surface area contributed by atoms with Crippen molar-refractivity contribution in [2.24, 2.45) is 5.92 Å².